The van der Waals surface area contributed by atoms with Gasteiger partial charge in [-0.3, -0.25) is 4.98 Å². The van der Waals surface area contributed by atoms with Crippen LogP contribution < -0.4 is 5.32 Å². The fourth-order valence-corrected chi connectivity index (χ4v) is 2.96. The lowest BCUT2D eigenvalue weighted by atomic mass is 9.88. The molecule has 2 N–H and O–H groups in total. The second kappa shape index (κ2) is 5.27. The molecule has 3 rings (SSSR count). The predicted octanol–water partition coefficient (Wildman–Crippen LogP) is 2.06. The van der Waals surface area contributed by atoms with Gasteiger partial charge < -0.3 is 10.4 Å². The Morgan fingerprint density at radius 1 is 1.37 bits per heavy atom. The Morgan fingerprint density at radius 3 is 3.05 bits per heavy atom. The van der Waals surface area contributed by atoms with E-state index in [-0.39, 0.29) is 6.10 Å². The highest BCUT2D eigenvalue weighted by Gasteiger charge is 2.23. The number of nitrogens with one attached hydrogen (secondary N) is 1. The number of aromatic nitrogens is 1. The predicted molar refractivity (Wildman–Crippen MR) is 77.2 cm³/mol. The molecule has 1 aliphatic heterocycles. The quantitative estimate of drug-likeness (QED) is 0.864. The molecule has 2 atom stereocenters. The number of hydrogen-bond donors (Lipinski definition) is 2. The molecule has 3 heteroatoms. The maximum Gasteiger partial charge on any atom is 0.0707 e. The fraction of sp³-hybridized carbons (Fsp3) is 0.438. The monoisotopic (exact) mass is 256 g/mol. The van der Waals surface area contributed by atoms with Gasteiger partial charge in [0, 0.05) is 23.5 Å². The van der Waals surface area contributed by atoms with E-state index in [9.17, 15) is 5.11 Å². The summed E-state index contributed by atoms with van der Waals surface area (Å²) in [7, 11) is 0. The van der Waals surface area contributed by atoms with Crippen LogP contribution in [0.15, 0.2) is 30.3 Å². The van der Waals surface area contributed by atoms with Gasteiger partial charge in [-0.1, -0.05) is 18.2 Å². The first-order valence-electron chi connectivity index (χ1n) is 6.98. The van der Waals surface area contributed by atoms with Crippen molar-refractivity contribution in [1.29, 1.82) is 0 Å². The normalized spacial score (nSPS) is 23.7. The summed E-state index contributed by atoms with van der Waals surface area (Å²) in [5, 5.41) is 14.7. The smallest absolute Gasteiger partial charge is 0.0707 e. The Labute approximate surface area is 113 Å². The van der Waals surface area contributed by atoms with Gasteiger partial charge in [-0.25, -0.2) is 0 Å². The number of hydrogen-bond acceptors (Lipinski definition) is 3. The van der Waals surface area contributed by atoms with Gasteiger partial charge >= 0.3 is 0 Å². The van der Waals surface area contributed by atoms with Crippen LogP contribution in [0.1, 0.15) is 17.7 Å². The number of fused-ring (bicyclic) bond motifs is 1. The molecule has 2 unspecified atom stereocenters. The SMILES string of the molecule is Cc1cc(CC2CNCCC2O)c2ccccc2n1. The minimum atomic E-state index is -0.187. The molecule has 1 fully saturated rings. The molecule has 0 spiro atoms. The molecular formula is C16H20N2O. The van der Waals surface area contributed by atoms with Crippen LogP contribution in [0.25, 0.3) is 10.9 Å². The van der Waals surface area contributed by atoms with E-state index >= 15 is 0 Å². The summed E-state index contributed by atoms with van der Waals surface area (Å²) in [6.45, 7) is 3.86. The standard InChI is InChI=1S/C16H20N2O/c1-11-8-12(9-13-10-17-7-6-16(13)19)14-4-2-3-5-15(14)18-11/h2-5,8,13,16-17,19H,6-7,9-10H2,1H3. The van der Waals surface area contributed by atoms with Gasteiger partial charge in [0.2, 0.25) is 0 Å². The van der Waals surface area contributed by atoms with E-state index < -0.39 is 0 Å². The summed E-state index contributed by atoms with van der Waals surface area (Å²) >= 11 is 0. The molecule has 2 aromatic rings. The van der Waals surface area contributed by atoms with Gasteiger partial charge in [0.05, 0.1) is 11.6 Å². The van der Waals surface area contributed by atoms with E-state index in [4.69, 9.17) is 0 Å². The molecule has 1 aromatic carbocycles. The zero-order valence-corrected chi connectivity index (χ0v) is 11.3. The van der Waals surface area contributed by atoms with Crippen molar-refractivity contribution in [3.63, 3.8) is 0 Å². The van der Waals surface area contributed by atoms with Crippen molar-refractivity contribution in [2.75, 3.05) is 13.1 Å². The molecule has 1 saturated heterocycles. The number of nitrogens with zero attached hydrogens (tertiary/aromatic N) is 1. The van der Waals surface area contributed by atoms with Crippen molar-refractivity contribution in [2.45, 2.75) is 25.9 Å². The molecule has 0 amide bonds. The van der Waals surface area contributed by atoms with Crippen molar-refractivity contribution in [1.82, 2.24) is 10.3 Å². The lowest BCUT2D eigenvalue weighted by Gasteiger charge is -2.28. The molecular weight excluding hydrogens is 236 g/mol. The minimum Gasteiger partial charge on any atom is -0.393 e. The van der Waals surface area contributed by atoms with Crippen LogP contribution in [0.3, 0.4) is 0 Å². The highest BCUT2D eigenvalue weighted by atomic mass is 16.3. The van der Waals surface area contributed by atoms with E-state index in [0.717, 1.165) is 37.1 Å². The Kier molecular flexibility index (Phi) is 3.49. The second-order valence-corrected chi connectivity index (χ2v) is 5.46. The van der Waals surface area contributed by atoms with Crippen molar-refractivity contribution in [2.24, 2.45) is 5.92 Å². The summed E-state index contributed by atoms with van der Waals surface area (Å²) in [4.78, 5) is 4.57. The first-order chi connectivity index (χ1) is 9.24. The first kappa shape index (κ1) is 12.6. The molecule has 0 radical (unpaired) electrons. The van der Waals surface area contributed by atoms with E-state index in [1.165, 1.54) is 10.9 Å². The Balaban J connectivity index is 1.95. The molecule has 0 bridgehead atoms. The lowest BCUT2D eigenvalue weighted by Crippen LogP contribution is -2.40. The second-order valence-electron chi connectivity index (χ2n) is 5.46. The molecule has 1 aromatic heterocycles. The van der Waals surface area contributed by atoms with Crippen LogP contribution in [0.4, 0.5) is 0 Å². The third-order valence-electron chi connectivity index (χ3n) is 3.98. The largest absolute Gasteiger partial charge is 0.393 e. The van der Waals surface area contributed by atoms with Gasteiger partial charge in [0.15, 0.2) is 0 Å². The Bertz CT molecular complexity index is 582. The summed E-state index contributed by atoms with van der Waals surface area (Å²) in [5.74, 6) is 0.305. The highest BCUT2D eigenvalue weighted by molar-refractivity contribution is 5.82. The number of benzene rings is 1. The highest BCUT2D eigenvalue weighted by Crippen LogP contribution is 2.24. The number of aliphatic hydroxyl groups excluding tert-OH is 1. The van der Waals surface area contributed by atoms with Crippen molar-refractivity contribution in [3.8, 4) is 0 Å². The van der Waals surface area contributed by atoms with Crippen LogP contribution in [0.2, 0.25) is 0 Å². The molecule has 19 heavy (non-hydrogen) atoms. The number of aliphatic hydroxyl groups is 1. The fourth-order valence-electron chi connectivity index (χ4n) is 2.96. The maximum absolute atomic E-state index is 10.1. The minimum absolute atomic E-state index is 0.187. The zero-order valence-electron chi connectivity index (χ0n) is 11.3. The van der Waals surface area contributed by atoms with Crippen LogP contribution in [-0.2, 0) is 6.42 Å². The van der Waals surface area contributed by atoms with Crippen LogP contribution in [0.5, 0.6) is 0 Å². The third kappa shape index (κ3) is 2.62. The third-order valence-corrected chi connectivity index (χ3v) is 3.98. The molecule has 0 aliphatic carbocycles. The molecule has 2 heterocycles. The Morgan fingerprint density at radius 2 is 2.21 bits per heavy atom. The van der Waals surface area contributed by atoms with Gasteiger partial charge in [-0.15, -0.1) is 0 Å². The molecule has 100 valence electrons. The number of piperidine rings is 1. The lowest BCUT2D eigenvalue weighted by molar-refractivity contribution is 0.0793. The number of aryl methyl sites for hydroxylation is 1. The average Bonchev–Trinajstić information content (AvgIpc) is 2.41. The molecule has 3 nitrogen and oxygen atoms in total. The van der Waals surface area contributed by atoms with Gasteiger partial charge in [-0.05, 0) is 44.0 Å². The molecule has 0 saturated carbocycles. The van der Waals surface area contributed by atoms with Crippen molar-refractivity contribution >= 4 is 10.9 Å². The maximum atomic E-state index is 10.1. The number of pyridine rings is 1. The van der Waals surface area contributed by atoms with E-state index in [0.29, 0.717) is 5.92 Å². The number of rotatable bonds is 2. The summed E-state index contributed by atoms with van der Waals surface area (Å²) in [6, 6.07) is 10.4. The first-order valence-corrected chi connectivity index (χ1v) is 6.98. The Hall–Kier alpha value is -1.45. The topological polar surface area (TPSA) is 45.1 Å². The van der Waals surface area contributed by atoms with E-state index in [2.05, 4.69) is 34.6 Å². The van der Waals surface area contributed by atoms with E-state index in [1.807, 2.05) is 13.0 Å². The van der Waals surface area contributed by atoms with Crippen LogP contribution >= 0.6 is 0 Å². The average molecular weight is 256 g/mol. The number of para-hydroxylation sites is 1. The summed E-state index contributed by atoms with van der Waals surface area (Å²) < 4.78 is 0. The summed E-state index contributed by atoms with van der Waals surface area (Å²) in [5.41, 5.74) is 3.40. The van der Waals surface area contributed by atoms with Crippen molar-refractivity contribution in [3.05, 3.63) is 41.6 Å². The molecule has 1 aliphatic rings. The van der Waals surface area contributed by atoms with Crippen molar-refractivity contribution < 1.29 is 5.11 Å². The van der Waals surface area contributed by atoms with Crippen LogP contribution in [0, 0.1) is 12.8 Å². The van der Waals surface area contributed by atoms with Gasteiger partial charge in [0.1, 0.15) is 0 Å². The van der Waals surface area contributed by atoms with Crippen LogP contribution in [-0.4, -0.2) is 29.3 Å². The van der Waals surface area contributed by atoms with Gasteiger partial charge in [0.25, 0.3) is 0 Å². The van der Waals surface area contributed by atoms with E-state index in [1.54, 1.807) is 0 Å². The van der Waals surface area contributed by atoms with Gasteiger partial charge in [-0.2, -0.15) is 0 Å². The summed E-state index contributed by atoms with van der Waals surface area (Å²) in [6.07, 6.45) is 1.58. The zero-order chi connectivity index (χ0) is 13.2.